The highest BCUT2D eigenvalue weighted by atomic mass is 35.5. The molecule has 0 aliphatic carbocycles. The molecule has 0 spiro atoms. The largest absolute Gasteiger partial charge is 0.504 e. The Labute approximate surface area is 176 Å². The molecule has 2 aromatic carbocycles. The van der Waals surface area contributed by atoms with E-state index < -0.39 is 11.8 Å². The van der Waals surface area contributed by atoms with E-state index in [1.54, 1.807) is 49.4 Å². The molecule has 1 fully saturated rings. The predicted octanol–water partition coefficient (Wildman–Crippen LogP) is 3.99. The summed E-state index contributed by atoms with van der Waals surface area (Å²) in [5, 5.41) is 11.3. The van der Waals surface area contributed by atoms with E-state index in [4.69, 9.17) is 28.6 Å². The van der Waals surface area contributed by atoms with Crippen LogP contribution in [0, 0.1) is 0 Å². The van der Waals surface area contributed by atoms with Gasteiger partial charge in [-0.25, -0.2) is 0 Å². The van der Waals surface area contributed by atoms with Crippen molar-refractivity contribution in [1.82, 2.24) is 10.4 Å². The van der Waals surface area contributed by atoms with Crippen LogP contribution in [0.3, 0.4) is 0 Å². The van der Waals surface area contributed by atoms with Crippen molar-refractivity contribution in [1.29, 1.82) is 0 Å². The summed E-state index contributed by atoms with van der Waals surface area (Å²) in [6, 6.07) is 11.0. The van der Waals surface area contributed by atoms with Gasteiger partial charge in [0.1, 0.15) is 0 Å². The highest BCUT2D eigenvalue weighted by Gasteiger charge is 2.33. The van der Waals surface area contributed by atoms with E-state index in [0.717, 1.165) is 16.8 Å². The molecule has 0 radical (unpaired) electrons. The first-order chi connectivity index (χ1) is 13.4. The van der Waals surface area contributed by atoms with Crippen molar-refractivity contribution in [3.05, 3.63) is 63.5 Å². The van der Waals surface area contributed by atoms with Gasteiger partial charge in [-0.1, -0.05) is 29.4 Å². The number of thiocarbonyl (C=S) groups is 1. The number of phenols is 1. The maximum absolute atomic E-state index is 12.7. The second-order valence-electron chi connectivity index (χ2n) is 5.63. The molecule has 2 amide bonds. The molecule has 3 rings (SSSR count). The minimum atomic E-state index is -0.475. The monoisotopic (exact) mass is 434 g/mol. The van der Waals surface area contributed by atoms with Gasteiger partial charge in [0.15, 0.2) is 15.8 Å². The molecule has 0 atom stereocenters. The van der Waals surface area contributed by atoms with Crippen LogP contribution in [0.25, 0.3) is 6.08 Å². The van der Waals surface area contributed by atoms with E-state index in [-0.39, 0.29) is 10.1 Å². The molecule has 0 unspecified atom stereocenters. The molecule has 144 valence electrons. The fourth-order valence-corrected chi connectivity index (χ4v) is 3.68. The number of halogens is 1. The number of hydrogen-bond donors (Lipinski definition) is 2. The van der Waals surface area contributed by atoms with E-state index in [1.165, 1.54) is 6.07 Å². The number of thioether (sulfide) groups is 1. The van der Waals surface area contributed by atoms with Crippen LogP contribution < -0.4 is 10.2 Å². The third-order valence-corrected chi connectivity index (χ3v) is 5.25. The molecular weight excluding hydrogens is 420 g/mol. The van der Waals surface area contributed by atoms with Gasteiger partial charge >= 0.3 is 0 Å². The minimum Gasteiger partial charge on any atom is -0.504 e. The van der Waals surface area contributed by atoms with E-state index >= 15 is 0 Å². The summed E-state index contributed by atoms with van der Waals surface area (Å²) in [5.74, 6) is -0.578. The van der Waals surface area contributed by atoms with Crippen molar-refractivity contribution in [3.63, 3.8) is 0 Å². The first-order valence-electron chi connectivity index (χ1n) is 8.19. The lowest BCUT2D eigenvalue weighted by molar-refractivity contribution is -0.123. The van der Waals surface area contributed by atoms with Gasteiger partial charge in [-0.05, 0) is 67.2 Å². The first-order valence-corrected chi connectivity index (χ1v) is 9.79. The zero-order valence-corrected chi connectivity index (χ0v) is 17.0. The van der Waals surface area contributed by atoms with Crippen LogP contribution in [0.1, 0.15) is 22.8 Å². The standard InChI is InChI=1S/C19H15ClN2O4S2/c1-2-26-15-9-11(3-8-14(15)23)10-16-18(25)22(19(27)28-16)21-17(24)12-4-6-13(20)7-5-12/h3-10,23H,2H2,1H3,(H,21,24). The summed E-state index contributed by atoms with van der Waals surface area (Å²) in [4.78, 5) is 25.3. The molecule has 9 heteroatoms. The molecule has 1 saturated heterocycles. The quantitative estimate of drug-likeness (QED) is 0.547. The lowest BCUT2D eigenvalue weighted by Gasteiger charge is -2.15. The summed E-state index contributed by atoms with van der Waals surface area (Å²) in [5.41, 5.74) is 3.51. The molecule has 6 nitrogen and oxygen atoms in total. The summed E-state index contributed by atoms with van der Waals surface area (Å²) in [7, 11) is 0. The Morgan fingerprint density at radius 2 is 2.04 bits per heavy atom. The predicted molar refractivity (Wildman–Crippen MR) is 113 cm³/mol. The number of amides is 2. The number of nitrogens with one attached hydrogen (secondary N) is 1. The van der Waals surface area contributed by atoms with Crippen LogP contribution in [0.5, 0.6) is 11.5 Å². The van der Waals surface area contributed by atoms with Crippen molar-refractivity contribution >= 4 is 57.8 Å². The van der Waals surface area contributed by atoms with E-state index in [0.29, 0.717) is 33.4 Å². The number of carbonyl (C=O) groups excluding carboxylic acids is 2. The second-order valence-corrected chi connectivity index (χ2v) is 7.74. The first kappa shape index (κ1) is 20.2. The molecule has 0 bridgehead atoms. The van der Waals surface area contributed by atoms with E-state index in [2.05, 4.69) is 5.43 Å². The molecule has 28 heavy (non-hydrogen) atoms. The third kappa shape index (κ3) is 4.46. The van der Waals surface area contributed by atoms with E-state index in [1.807, 2.05) is 0 Å². The molecule has 2 aromatic rings. The Balaban J connectivity index is 1.77. The lowest BCUT2D eigenvalue weighted by Crippen LogP contribution is -2.44. The van der Waals surface area contributed by atoms with Gasteiger partial charge in [0.25, 0.3) is 11.8 Å². The van der Waals surface area contributed by atoms with Crippen LogP contribution >= 0.6 is 35.6 Å². The fourth-order valence-electron chi connectivity index (χ4n) is 2.37. The van der Waals surface area contributed by atoms with Crippen molar-refractivity contribution < 1.29 is 19.4 Å². The minimum absolute atomic E-state index is 0.0155. The average Bonchev–Trinajstić information content (AvgIpc) is 2.92. The summed E-state index contributed by atoms with van der Waals surface area (Å²) < 4.78 is 5.56. The Bertz CT molecular complexity index is 976. The van der Waals surface area contributed by atoms with Crippen LogP contribution in [0.2, 0.25) is 5.02 Å². The number of hydrogen-bond acceptors (Lipinski definition) is 6. The number of nitrogens with zero attached hydrogens (tertiary/aromatic N) is 1. The molecule has 0 saturated carbocycles. The number of rotatable bonds is 5. The van der Waals surface area contributed by atoms with Gasteiger partial charge in [-0.3, -0.25) is 15.0 Å². The Hall–Kier alpha value is -2.55. The summed E-state index contributed by atoms with van der Waals surface area (Å²) in [6.07, 6.45) is 1.62. The highest BCUT2D eigenvalue weighted by Crippen LogP contribution is 2.33. The van der Waals surface area contributed by atoms with Crippen LogP contribution in [0.15, 0.2) is 47.4 Å². The Morgan fingerprint density at radius 1 is 1.32 bits per heavy atom. The second kappa shape index (κ2) is 8.64. The number of ether oxygens (including phenoxy) is 1. The number of benzene rings is 2. The summed E-state index contributed by atoms with van der Waals surface area (Å²) in [6.45, 7) is 2.20. The molecule has 2 N–H and O–H groups in total. The normalized spacial score (nSPS) is 15.2. The number of phenolic OH excluding ortho intramolecular Hbond substituents is 1. The Morgan fingerprint density at radius 3 is 2.71 bits per heavy atom. The van der Waals surface area contributed by atoms with Crippen molar-refractivity contribution in [2.24, 2.45) is 0 Å². The number of aromatic hydroxyl groups is 1. The van der Waals surface area contributed by atoms with Crippen LogP contribution in [-0.2, 0) is 4.79 Å². The molecule has 1 aliphatic heterocycles. The van der Waals surface area contributed by atoms with Crippen molar-refractivity contribution in [3.8, 4) is 11.5 Å². The van der Waals surface area contributed by atoms with Gasteiger partial charge in [0.2, 0.25) is 0 Å². The highest BCUT2D eigenvalue weighted by molar-refractivity contribution is 8.26. The molecular formula is C19H15ClN2O4S2. The average molecular weight is 435 g/mol. The maximum Gasteiger partial charge on any atom is 0.285 e. The van der Waals surface area contributed by atoms with Crippen molar-refractivity contribution in [2.45, 2.75) is 6.92 Å². The third-order valence-electron chi connectivity index (χ3n) is 3.69. The van der Waals surface area contributed by atoms with Crippen molar-refractivity contribution in [2.75, 3.05) is 6.61 Å². The zero-order chi connectivity index (χ0) is 20.3. The van der Waals surface area contributed by atoms with Gasteiger partial charge < -0.3 is 9.84 Å². The number of carbonyl (C=O) groups is 2. The molecule has 1 aliphatic rings. The van der Waals surface area contributed by atoms with Crippen LogP contribution in [0.4, 0.5) is 0 Å². The molecule has 1 heterocycles. The topological polar surface area (TPSA) is 78.9 Å². The van der Waals surface area contributed by atoms with E-state index in [9.17, 15) is 14.7 Å². The lowest BCUT2D eigenvalue weighted by atomic mass is 10.2. The van der Waals surface area contributed by atoms with Gasteiger partial charge in [0.05, 0.1) is 11.5 Å². The summed E-state index contributed by atoms with van der Waals surface area (Å²) >= 11 is 12.1. The molecule has 0 aromatic heterocycles. The SMILES string of the molecule is CCOc1cc(C=C2SC(=S)N(NC(=O)c3ccc(Cl)cc3)C2=O)ccc1O. The van der Waals surface area contributed by atoms with Gasteiger partial charge in [-0.2, -0.15) is 5.01 Å². The smallest absolute Gasteiger partial charge is 0.285 e. The van der Waals surface area contributed by atoms with Gasteiger partial charge in [-0.15, -0.1) is 0 Å². The van der Waals surface area contributed by atoms with Crippen LogP contribution in [-0.4, -0.2) is 32.9 Å². The zero-order valence-electron chi connectivity index (χ0n) is 14.6. The number of hydrazine groups is 1. The fraction of sp³-hybridized carbons (Fsp3) is 0.105. The van der Waals surface area contributed by atoms with Gasteiger partial charge in [0, 0.05) is 10.6 Å². The maximum atomic E-state index is 12.7. The Kier molecular flexibility index (Phi) is 6.23.